The van der Waals surface area contributed by atoms with Crippen LogP contribution in [0.3, 0.4) is 0 Å². The molecule has 0 spiro atoms. The molecule has 0 amide bonds. The number of carbonyl (C=O) groups is 1. The van der Waals surface area contributed by atoms with E-state index < -0.39 is 13.2 Å². The summed E-state index contributed by atoms with van der Waals surface area (Å²) in [6.07, 6.45) is 12.5. The van der Waals surface area contributed by atoms with E-state index in [1.165, 1.54) is 0 Å². The van der Waals surface area contributed by atoms with Crippen molar-refractivity contribution in [3.05, 3.63) is 50.6 Å². The zero-order valence-electron chi connectivity index (χ0n) is 10.7. The number of allylic oxidation sites excluding steroid dienone is 4. The van der Waals surface area contributed by atoms with Crippen molar-refractivity contribution in [1.29, 1.82) is 0 Å². The lowest BCUT2D eigenvalue weighted by atomic mass is 10.7. The van der Waals surface area contributed by atoms with Crippen LogP contribution in [0.1, 0.15) is 6.92 Å². The summed E-state index contributed by atoms with van der Waals surface area (Å²) in [6, 6.07) is 0. The molecule has 0 aromatic rings. The third-order valence-corrected chi connectivity index (χ3v) is 6.20. The molecule has 0 bridgehead atoms. The molecule has 0 unspecified atom stereocenters. The van der Waals surface area contributed by atoms with Crippen molar-refractivity contribution in [2.75, 3.05) is 24.6 Å². The first-order valence-corrected chi connectivity index (χ1v) is 7.97. The Balaban J connectivity index is 0. The molecular weight excluding hydrogens is 231 g/mol. The molecule has 0 radical (unpaired) electrons. The highest BCUT2D eigenvalue weighted by molar-refractivity contribution is 7.76. The number of aliphatic carboxylic acids is 1. The highest BCUT2D eigenvalue weighted by atomic mass is 31.2. The van der Waals surface area contributed by atoms with Gasteiger partial charge in [-0.25, -0.2) is 0 Å². The Hall–Kier alpha value is -1.14. The van der Waals surface area contributed by atoms with Crippen LogP contribution in [0.4, 0.5) is 0 Å². The Bertz CT molecular complexity index is 220. The van der Waals surface area contributed by atoms with Crippen LogP contribution in [-0.4, -0.2) is 30.6 Å². The Kier molecular flexibility index (Phi) is 12.2. The number of rotatable bonds is 8. The first-order chi connectivity index (χ1) is 7.97. The van der Waals surface area contributed by atoms with Crippen molar-refractivity contribution < 1.29 is 9.90 Å². The molecule has 0 saturated carbocycles. The van der Waals surface area contributed by atoms with Crippen molar-refractivity contribution in [2.24, 2.45) is 0 Å². The van der Waals surface area contributed by atoms with Crippen molar-refractivity contribution in [3.8, 4) is 0 Å². The van der Waals surface area contributed by atoms with Crippen LogP contribution in [0, 0.1) is 0 Å². The zero-order valence-corrected chi connectivity index (χ0v) is 11.6. The molecule has 0 heterocycles. The van der Waals surface area contributed by atoms with E-state index >= 15 is 0 Å². The molecule has 0 atom stereocenters. The predicted molar refractivity (Wildman–Crippen MR) is 77.9 cm³/mol. The molecule has 0 fully saturated rings. The number of carbonyl (C=O) groups excluding carboxylic acids is 1. The average Bonchev–Trinajstić information content (AvgIpc) is 2.18. The van der Waals surface area contributed by atoms with Crippen molar-refractivity contribution >= 4 is 13.2 Å². The van der Waals surface area contributed by atoms with E-state index in [9.17, 15) is 0 Å². The molecule has 0 rings (SSSR count). The van der Waals surface area contributed by atoms with Gasteiger partial charge in [-0.2, -0.15) is 0 Å². The van der Waals surface area contributed by atoms with Gasteiger partial charge in [-0.15, -0.1) is 0 Å². The zero-order chi connectivity index (χ0) is 13.7. The first-order valence-electron chi connectivity index (χ1n) is 5.44. The molecule has 0 aliphatic heterocycles. The summed E-state index contributed by atoms with van der Waals surface area (Å²) in [7, 11) is -0.968. The van der Waals surface area contributed by atoms with Crippen LogP contribution in [0.15, 0.2) is 50.6 Å². The first kappa shape index (κ1) is 18.2. The Labute approximate surface area is 106 Å². The molecular formula is C14H23O2P. The van der Waals surface area contributed by atoms with E-state index in [1.807, 2.05) is 24.3 Å². The fourth-order valence-corrected chi connectivity index (χ4v) is 4.63. The lowest BCUT2D eigenvalue weighted by molar-refractivity contribution is -0.302. The van der Waals surface area contributed by atoms with E-state index in [-0.39, 0.29) is 0 Å². The highest BCUT2D eigenvalue weighted by Crippen LogP contribution is 2.58. The number of hydrogen-bond acceptors (Lipinski definition) is 2. The number of hydrogen-bond donors (Lipinski definition) is 0. The maximum atomic E-state index is 8.89. The molecule has 0 N–H and O–H groups in total. The number of carboxylic acid groups (broad SMARTS) is 1. The van der Waals surface area contributed by atoms with Gasteiger partial charge in [-0.1, -0.05) is 50.6 Å². The third-order valence-electron chi connectivity index (χ3n) is 2.07. The molecule has 0 aromatic carbocycles. The summed E-state index contributed by atoms with van der Waals surface area (Å²) >= 11 is 0. The van der Waals surface area contributed by atoms with Gasteiger partial charge in [-0.05, 0) is 6.92 Å². The molecule has 3 heteroatoms. The van der Waals surface area contributed by atoms with Gasteiger partial charge in [0.2, 0.25) is 0 Å². The largest absolute Gasteiger partial charge is 0.550 e. The summed E-state index contributed by atoms with van der Waals surface area (Å²) in [4.78, 5) is 8.89. The second kappa shape index (κ2) is 11.3. The van der Waals surface area contributed by atoms with E-state index in [2.05, 4.69) is 26.3 Å². The average molecular weight is 254 g/mol. The Morgan fingerprint density at radius 3 is 1.24 bits per heavy atom. The van der Waals surface area contributed by atoms with Crippen LogP contribution in [0.25, 0.3) is 0 Å². The normalized spacial score (nSPS) is 9.47. The lowest BCUT2D eigenvalue weighted by Gasteiger charge is -2.22. The van der Waals surface area contributed by atoms with Crippen molar-refractivity contribution in [3.63, 3.8) is 0 Å². The molecule has 0 saturated heterocycles. The summed E-state index contributed by atoms with van der Waals surface area (Å²) in [5.74, 6) is -1.08. The van der Waals surface area contributed by atoms with Crippen molar-refractivity contribution in [2.45, 2.75) is 6.92 Å². The summed E-state index contributed by atoms with van der Waals surface area (Å²) < 4.78 is 0. The highest BCUT2D eigenvalue weighted by Gasteiger charge is 2.31. The molecule has 0 aromatic heterocycles. The molecule has 0 aliphatic carbocycles. The standard InChI is InChI=1S/C12H20P.C2H4O2/c1-5-9-13(10-6-2,11-7-3)12-8-4;1-2(3)4/h5-8H,1-4,9-12H2;1H3,(H,3,4)/q+1;/p-1. The van der Waals surface area contributed by atoms with Crippen LogP contribution in [0.5, 0.6) is 0 Å². The van der Waals surface area contributed by atoms with Gasteiger partial charge < -0.3 is 9.90 Å². The van der Waals surface area contributed by atoms with Gasteiger partial charge >= 0.3 is 0 Å². The molecule has 2 nitrogen and oxygen atoms in total. The second-order valence-corrected chi connectivity index (χ2v) is 7.86. The van der Waals surface area contributed by atoms with Gasteiger partial charge in [0.1, 0.15) is 0 Å². The van der Waals surface area contributed by atoms with Gasteiger partial charge in [0.15, 0.2) is 0 Å². The summed E-state index contributed by atoms with van der Waals surface area (Å²) in [5.41, 5.74) is 0. The summed E-state index contributed by atoms with van der Waals surface area (Å²) in [5, 5.41) is 8.89. The smallest absolute Gasteiger partial charge is 0.0780 e. The second-order valence-electron chi connectivity index (χ2n) is 3.72. The molecule has 96 valence electrons. The van der Waals surface area contributed by atoms with E-state index in [0.717, 1.165) is 31.6 Å². The van der Waals surface area contributed by atoms with Gasteiger partial charge in [0.25, 0.3) is 0 Å². The predicted octanol–water partition coefficient (Wildman–Crippen LogP) is 2.50. The topological polar surface area (TPSA) is 40.1 Å². The third kappa shape index (κ3) is 11.1. The quantitative estimate of drug-likeness (QED) is 0.493. The monoisotopic (exact) mass is 254 g/mol. The minimum atomic E-state index is -1.08. The fourth-order valence-electron chi connectivity index (χ4n) is 1.54. The summed E-state index contributed by atoms with van der Waals surface area (Å²) in [6.45, 7) is 16.2. The lowest BCUT2D eigenvalue weighted by Crippen LogP contribution is -2.16. The number of carboxylic acids is 1. The SMILES string of the molecule is C=CC[P+](CC=C)(CC=C)CC=C.CC(=O)[O-]. The van der Waals surface area contributed by atoms with E-state index in [1.54, 1.807) is 0 Å². The Morgan fingerprint density at radius 1 is 0.941 bits per heavy atom. The maximum absolute atomic E-state index is 8.89. The minimum Gasteiger partial charge on any atom is -0.550 e. The Morgan fingerprint density at radius 2 is 1.12 bits per heavy atom. The van der Waals surface area contributed by atoms with Crippen LogP contribution >= 0.6 is 7.26 Å². The van der Waals surface area contributed by atoms with E-state index in [0.29, 0.717) is 0 Å². The van der Waals surface area contributed by atoms with Gasteiger partial charge in [-0.3, -0.25) is 0 Å². The molecule has 17 heavy (non-hydrogen) atoms. The van der Waals surface area contributed by atoms with E-state index in [4.69, 9.17) is 9.90 Å². The fraction of sp³-hybridized carbons (Fsp3) is 0.357. The van der Waals surface area contributed by atoms with Crippen LogP contribution < -0.4 is 5.11 Å². The van der Waals surface area contributed by atoms with Crippen LogP contribution in [-0.2, 0) is 4.79 Å². The van der Waals surface area contributed by atoms with Gasteiger partial charge in [0.05, 0.1) is 24.6 Å². The van der Waals surface area contributed by atoms with Gasteiger partial charge in [0, 0.05) is 13.2 Å². The minimum absolute atomic E-state index is 0.968. The maximum Gasteiger partial charge on any atom is 0.0780 e. The van der Waals surface area contributed by atoms with Crippen LogP contribution in [0.2, 0.25) is 0 Å². The molecule has 0 aliphatic rings. The van der Waals surface area contributed by atoms with Crippen molar-refractivity contribution in [1.82, 2.24) is 0 Å².